The van der Waals surface area contributed by atoms with Crippen molar-refractivity contribution in [2.45, 2.75) is 6.92 Å². The molecule has 0 radical (unpaired) electrons. The summed E-state index contributed by atoms with van der Waals surface area (Å²) >= 11 is 1.37. The number of rotatable bonds is 5. The molecular weight excluding hydrogens is 349 g/mol. The highest BCUT2D eigenvalue weighted by Gasteiger charge is 2.10. The third-order valence-electron chi connectivity index (χ3n) is 3.78. The maximum atomic E-state index is 13.6. The molecule has 1 N–H and O–H groups in total. The summed E-state index contributed by atoms with van der Waals surface area (Å²) in [5, 5.41) is 14.9. The molecule has 6 heteroatoms. The van der Waals surface area contributed by atoms with Gasteiger partial charge in [0.1, 0.15) is 28.2 Å². The van der Waals surface area contributed by atoms with Crippen LogP contribution < -0.4 is 10.1 Å². The molecule has 26 heavy (non-hydrogen) atoms. The molecule has 0 unspecified atom stereocenters. The van der Waals surface area contributed by atoms with Gasteiger partial charge in [0.15, 0.2) is 0 Å². The number of halogens is 1. The number of aryl methyl sites for hydroxylation is 1. The van der Waals surface area contributed by atoms with Crippen LogP contribution in [0.5, 0.6) is 5.75 Å². The third kappa shape index (κ3) is 3.90. The normalized spacial score (nSPS) is 11.1. The fourth-order valence-corrected chi connectivity index (χ4v) is 3.09. The summed E-state index contributed by atoms with van der Waals surface area (Å²) in [5.41, 5.74) is 3.21. The van der Waals surface area contributed by atoms with Crippen LogP contribution in [0.1, 0.15) is 10.6 Å². The summed E-state index contributed by atoms with van der Waals surface area (Å²) in [6.07, 6.45) is 1.54. The van der Waals surface area contributed by atoms with Crippen LogP contribution in [0.4, 0.5) is 10.1 Å². The van der Waals surface area contributed by atoms with Crippen molar-refractivity contribution in [1.82, 2.24) is 4.98 Å². The Labute approximate surface area is 155 Å². The first-order valence-corrected chi connectivity index (χ1v) is 8.72. The van der Waals surface area contributed by atoms with Gasteiger partial charge in [-0.05, 0) is 36.8 Å². The number of nitrogens with one attached hydrogen (secondary N) is 1. The highest BCUT2D eigenvalue weighted by atomic mass is 32.1. The van der Waals surface area contributed by atoms with E-state index in [0.717, 1.165) is 17.0 Å². The van der Waals surface area contributed by atoms with E-state index in [0.29, 0.717) is 21.8 Å². The second-order valence-electron chi connectivity index (χ2n) is 5.55. The summed E-state index contributed by atoms with van der Waals surface area (Å²) in [7, 11) is 1.61. The van der Waals surface area contributed by atoms with E-state index >= 15 is 0 Å². The molecule has 0 spiro atoms. The molecule has 130 valence electrons. The van der Waals surface area contributed by atoms with Gasteiger partial charge in [-0.3, -0.25) is 0 Å². The molecule has 0 aliphatic carbocycles. The number of thiazole rings is 1. The van der Waals surface area contributed by atoms with Crippen molar-refractivity contribution < 1.29 is 9.13 Å². The molecule has 0 saturated heterocycles. The topological polar surface area (TPSA) is 57.9 Å². The zero-order chi connectivity index (χ0) is 18.5. The third-order valence-corrected chi connectivity index (χ3v) is 4.65. The van der Waals surface area contributed by atoms with Gasteiger partial charge in [-0.25, -0.2) is 9.37 Å². The number of anilines is 1. The fourth-order valence-electron chi connectivity index (χ4n) is 2.29. The van der Waals surface area contributed by atoms with Gasteiger partial charge in [0.25, 0.3) is 0 Å². The van der Waals surface area contributed by atoms with Gasteiger partial charge in [0, 0.05) is 22.8 Å². The van der Waals surface area contributed by atoms with Crippen molar-refractivity contribution in [1.29, 1.82) is 5.26 Å². The second-order valence-corrected chi connectivity index (χ2v) is 6.41. The number of methoxy groups -OCH3 is 1. The number of hydrogen-bond donors (Lipinski definition) is 1. The predicted octanol–water partition coefficient (Wildman–Crippen LogP) is 5.24. The van der Waals surface area contributed by atoms with Crippen molar-refractivity contribution in [3.63, 3.8) is 0 Å². The highest BCUT2D eigenvalue weighted by Crippen LogP contribution is 2.28. The maximum absolute atomic E-state index is 13.6. The average Bonchev–Trinajstić information content (AvgIpc) is 3.15. The number of nitrogens with zero attached hydrogens (tertiary/aromatic N) is 2. The van der Waals surface area contributed by atoms with Crippen LogP contribution in [-0.2, 0) is 0 Å². The Morgan fingerprint density at radius 1 is 1.31 bits per heavy atom. The number of nitriles is 1. The SMILES string of the molecule is COc1cccc(-c2csc(/C(C#N)=C\Nc3ccc(C)c(F)c3)n2)c1. The van der Waals surface area contributed by atoms with Crippen LogP contribution in [0.2, 0.25) is 0 Å². The van der Waals surface area contributed by atoms with E-state index in [9.17, 15) is 9.65 Å². The lowest BCUT2D eigenvalue weighted by molar-refractivity contribution is 0.415. The molecule has 1 aromatic heterocycles. The molecule has 4 nitrogen and oxygen atoms in total. The smallest absolute Gasteiger partial charge is 0.136 e. The van der Waals surface area contributed by atoms with Gasteiger partial charge in [-0.15, -0.1) is 11.3 Å². The van der Waals surface area contributed by atoms with Gasteiger partial charge in [-0.2, -0.15) is 5.26 Å². The molecule has 0 atom stereocenters. The lowest BCUT2D eigenvalue weighted by atomic mass is 10.1. The van der Waals surface area contributed by atoms with E-state index in [1.165, 1.54) is 23.6 Å². The van der Waals surface area contributed by atoms with E-state index in [2.05, 4.69) is 16.4 Å². The Morgan fingerprint density at radius 2 is 2.15 bits per heavy atom. The van der Waals surface area contributed by atoms with Gasteiger partial charge >= 0.3 is 0 Å². The molecule has 1 heterocycles. The van der Waals surface area contributed by atoms with Crippen LogP contribution in [0.15, 0.2) is 54.0 Å². The number of allylic oxidation sites excluding steroid dienone is 1. The minimum absolute atomic E-state index is 0.295. The summed E-state index contributed by atoms with van der Waals surface area (Å²) in [6, 6.07) is 14.5. The zero-order valence-electron chi connectivity index (χ0n) is 14.3. The van der Waals surface area contributed by atoms with Crippen LogP contribution in [0, 0.1) is 24.1 Å². The molecule has 0 aliphatic heterocycles. The number of benzene rings is 2. The largest absolute Gasteiger partial charge is 0.497 e. The van der Waals surface area contributed by atoms with E-state index in [4.69, 9.17) is 4.74 Å². The number of aromatic nitrogens is 1. The van der Waals surface area contributed by atoms with E-state index in [1.54, 1.807) is 26.2 Å². The molecule has 0 saturated carbocycles. The van der Waals surface area contributed by atoms with Gasteiger partial charge < -0.3 is 10.1 Å². The Bertz CT molecular complexity index is 1000. The standard InChI is InChI=1S/C20H16FN3OS/c1-13-6-7-16(9-18(13)21)23-11-15(10-22)20-24-19(12-26-20)14-4-3-5-17(8-14)25-2/h3-9,11-12,23H,1-2H3/b15-11-. The molecule has 3 rings (SSSR count). The first-order chi connectivity index (χ1) is 12.6. The molecule has 0 aliphatic rings. The van der Waals surface area contributed by atoms with Gasteiger partial charge in [0.2, 0.25) is 0 Å². The average molecular weight is 365 g/mol. The summed E-state index contributed by atoms with van der Waals surface area (Å²) in [6.45, 7) is 1.70. The molecule has 2 aromatic carbocycles. The highest BCUT2D eigenvalue weighted by molar-refractivity contribution is 7.11. The Hall–Kier alpha value is -3.17. The minimum Gasteiger partial charge on any atom is -0.497 e. The second kappa shape index (κ2) is 7.81. The molecule has 3 aromatic rings. The number of hydrogen-bond acceptors (Lipinski definition) is 5. The lowest BCUT2D eigenvalue weighted by Gasteiger charge is -2.03. The Balaban J connectivity index is 1.83. The van der Waals surface area contributed by atoms with Crippen LogP contribution in [-0.4, -0.2) is 12.1 Å². The van der Waals surface area contributed by atoms with E-state index in [1.807, 2.05) is 29.6 Å². The zero-order valence-corrected chi connectivity index (χ0v) is 15.1. The van der Waals surface area contributed by atoms with Crippen molar-refractivity contribution in [2.24, 2.45) is 0 Å². The predicted molar refractivity (Wildman–Crippen MR) is 102 cm³/mol. The van der Waals surface area contributed by atoms with Crippen molar-refractivity contribution in [3.05, 3.63) is 70.4 Å². The van der Waals surface area contributed by atoms with Crippen molar-refractivity contribution >= 4 is 22.6 Å². The summed E-state index contributed by atoms with van der Waals surface area (Å²) < 4.78 is 18.8. The summed E-state index contributed by atoms with van der Waals surface area (Å²) in [5.74, 6) is 0.452. The van der Waals surface area contributed by atoms with Crippen molar-refractivity contribution in [2.75, 3.05) is 12.4 Å². The van der Waals surface area contributed by atoms with Crippen LogP contribution in [0.3, 0.4) is 0 Å². The maximum Gasteiger partial charge on any atom is 0.136 e. The molecular formula is C20H16FN3OS. The van der Waals surface area contributed by atoms with E-state index < -0.39 is 0 Å². The Kier molecular flexibility index (Phi) is 5.30. The van der Waals surface area contributed by atoms with E-state index in [-0.39, 0.29) is 5.82 Å². The minimum atomic E-state index is -0.295. The first-order valence-electron chi connectivity index (χ1n) is 7.84. The van der Waals surface area contributed by atoms with Crippen LogP contribution in [0.25, 0.3) is 16.8 Å². The lowest BCUT2D eigenvalue weighted by Crippen LogP contribution is -1.93. The van der Waals surface area contributed by atoms with Gasteiger partial charge in [0.05, 0.1) is 12.8 Å². The first kappa shape index (κ1) is 17.6. The molecule has 0 bridgehead atoms. The molecule has 0 fully saturated rings. The monoisotopic (exact) mass is 365 g/mol. The quantitative estimate of drug-likeness (QED) is 0.628. The van der Waals surface area contributed by atoms with Gasteiger partial charge in [-0.1, -0.05) is 18.2 Å². The molecule has 0 amide bonds. The summed E-state index contributed by atoms with van der Waals surface area (Å²) in [4.78, 5) is 4.53. The van der Waals surface area contributed by atoms with Crippen LogP contribution >= 0.6 is 11.3 Å². The van der Waals surface area contributed by atoms with Crippen molar-refractivity contribution in [3.8, 4) is 23.1 Å². The fraction of sp³-hybridized carbons (Fsp3) is 0.100. The number of ether oxygens (including phenoxy) is 1. The Morgan fingerprint density at radius 3 is 2.88 bits per heavy atom.